The first-order chi connectivity index (χ1) is 8.32. The molecule has 0 radical (unpaired) electrons. The number of alkyl halides is 1. The summed E-state index contributed by atoms with van der Waals surface area (Å²) in [7, 11) is 0. The molecule has 0 saturated heterocycles. The summed E-state index contributed by atoms with van der Waals surface area (Å²) in [6, 6.07) is 3.96. The predicted molar refractivity (Wildman–Crippen MR) is 66.9 cm³/mol. The minimum absolute atomic E-state index is 0.00695. The van der Waals surface area contributed by atoms with E-state index in [4.69, 9.17) is 23.2 Å². The van der Waals surface area contributed by atoms with E-state index >= 15 is 0 Å². The number of carbonyl (C=O) groups is 2. The summed E-state index contributed by atoms with van der Waals surface area (Å²) in [6.07, 6.45) is -2.88. The van der Waals surface area contributed by atoms with Crippen LogP contribution in [-0.4, -0.2) is 24.0 Å². The molecule has 6 heteroatoms. The molecule has 1 aromatic rings. The zero-order valence-electron chi connectivity index (χ0n) is 9.75. The zero-order valence-corrected chi connectivity index (χ0v) is 11.3. The maximum absolute atomic E-state index is 13.6. The van der Waals surface area contributed by atoms with Crippen LogP contribution in [0.15, 0.2) is 18.2 Å². The normalized spacial score (nSPS) is 12.3. The molecular weight excluding hydrogens is 282 g/mol. The Bertz CT molecular complexity index is 474. The zero-order chi connectivity index (χ0) is 13.9. The van der Waals surface area contributed by atoms with Gasteiger partial charge in [0.25, 0.3) is 6.17 Å². The number of ether oxygens (including phenoxy) is 1. The van der Waals surface area contributed by atoms with Gasteiger partial charge in [-0.05, 0) is 32.0 Å². The summed E-state index contributed by atoms with van der Waals surface area (Å²) in [5.41, 5.74) is -0.103. The van der Waals surface area contributed by atoms with E-state index in [0.29, 0.717) is 5.02 Å². The van der Waals surface area contributed by atoms with E-state index in [2.05, 4.69) is 4.74 Å². The molecule has 0 fully saturated rings. The molecule has 18 heavy (non-hydrogen) atoms. The topological polar surface area (TPSA) is 43.4 Å². The van der Waals surface area contributed by atoms with Gasteiger partial charge in [0.15, 0.2) is 0 Å². The van der Waals surface area contributed by atoms with Crippen molar-refractivity contribution >= 4 is 35.0 Å². The first-order valence-electron chi connectivity index (χ1n) is 5.16. The Labute approximate surface area is 114 Å². The van der Waals surface area contributed by atoms with Gasteiger partial charge in [-0.1, -0.05) is 23.2 Å². The number of rotatable bonds is 4. The molecule has 0 spiro atoms. The van der Waals surface area contributed by atoms with Gasteiger partial charge in [-0.25, -0.2) is 9.18 Å². The molecular formula is C12H11Cl2FO3. The predicted octanol–water partition coefficient (Wildman–Crippen LogP) is 3.47. The van der Waals surface area contributed by atoms with Gasteiger partial charge in [0, 0.05) is 10.6 Å². The molecule has 1 aromatic carbocycles. The summed E-state index contributed by atoms with van der Waals surface area (Å²) >= 11 is 11.4. The average molecular weight is 293 g/mol. The maximum atomic E-state index is 13.6. The lowest BCUT2D eigenvalue weighted by Gasteiger charge is -2.11. The number of carbonyl (C=O) groups excluding carboxylic acids is 2. The Balaban J connectivity index is 2.90. The van der Waals surface area contributed by atoms with E-state index in [1.165, 1.54) is 18.2 Å². The summed E-state index contributed by atoms with van der Waals surface area (Å²) in [5.74, 6) is -2.26. The second-order valence-electron chi connectivity index (χ2n) is 3.84. The lowest BCUT2D eigenvalue weighted by molar-refractivity contribution is -0.151. The van der Waals surface area contributed by atoms with Crippen molar-refractivity contribution in [3.8, 4) is 0 Å². The standard InChI is InChI=1S/C12H11Cl2FO3/c1-6(2)18-12(17)10(15)11(16)8-4-3-7(13)5-9(8)14/h3-6,10H,1-2H3. The van der Waals surface area contributed by atoms with E-state index in [9.17, 15) is 14.0 Å². The van der Waals surface area contributed by atoms with Gasteiger partial charge in [-0.15, -0.1) is 0 Å². The highest BCUT2D eigenvalue weighted by Gasteiger charge is 2.30. The molecule has 3 nitrogen and oxygen atoms in total. The number of hydrogen-bond donors (Lipinski definition) is 0. The van der Waals surface area contributed by atoms with Crippen molar-refractivity contribution in [1.82, 2.24) is 0 Å². The van der Waals surface area contributed by atoms with Crippen LogP contribution in [0.5, 0.6) is 0 Å². The molecule has 0 heterocycles. The Morgan fingerprint density at radius 3 is 2.39 bits per heavy atom. The van der Waals surface area contributed by atoms with E-state index < -0.39 is 24.0 Å². The number of hydrogen-bond acceptors (Lipinski definition) is 3. The second kappa shape index (κ2) is 6.16. The van der Waals surface area contributed by atoms with Crippen LogP contribution in [0.1, 0.15) is 24.2 Å². The first kappa shape index (κ1) is 14.9. The molecule has 0 aliphatic carbocycles. The Morgan fingerprint density at radius 2 is 1.89 bits per heavy atom. The van der Waals surface area contributed by atoms with Gasteiger partial charge in [-0.2, -0.15) is 0 Å². The van der Waals surface area contributed by atoms with Crippen LogP contribution in [-0.2, 0) is 9.53 Å². The highest BCUT2D eigenvalue weighted by atomic mass is 35.5. The second-order valence-corrected chi connectivity index (χ2v) is 4.68. The van der Waals surface area contributed by atoms with Crippen LogP contribution >= 0.6 is 23.2 Å². The van der Waals surface area contributed by atoms with E-state index in [1.54, 1.807) is 13.8 Å². The highest BCUT2D eigenvalue weighted by molar-refractivity contribution is 6.37. The number of esters is 1. The molecule has 0 aliphatic rings. The van der Waals surface area contributed by atoms with E-state index in [1.807, 2.05) is 0 Å². The summed E-state index contributed by atoms with van der Waals surface area (Å²) in [5, 5.41) is 0.309. The maximum Gasteiger partial charge on any atom is 0.349 e. The fourth-order valence-electron chi connectivity index (χ4n) is 1.22. The van der Waals surface area contributed by atoms with Crippen LogP contribution in [0.4, 0.5) is 4.39 Å². The molecule has 0 amide bonds. The van der Waals surface area contributed by atoms with E-state index in [-0.39, 0.29) is 10.6 Å². The molecule has 0 aromatic heterocycles. The van der Waals surface area contributed by atoms with Crippen molar-refractivity contribution in [3.05, 3.63) is 33.8 Å². The van der Waals surface area contributed by atoms with Crippen molar-refractivity contribution in [3.63, 3.8) is 0 Å². The quantitative estimate of drug-likeness (QED) is 0.485. The van der Waals surface area contributed by atoms with Crippen LogP contribution < -0.4 is 0 Å². The van der Waals surface area contributed by atoms with Crippen molar-refractivity contribution in [1.29, 1.82) is 0 Å². The van der Waals surface area contributed by atoms with Crippen molar-refractivity contribution in [2.75, 3.05) is 0 Å². The third kappa shape index (κ3) is 3.68. The fourth-order valence-corrected chi connectivity index (χ4v) is 1.73. The van der Waals surface area contributed by atoms with Crippen LogP contribution in [0.3, 0.4) is 0 Å². The number of benzene rings is 1. The molecule has 1 unspecified atom stereocenters. The SMILES string of the molecule is CC(C)OC(=O)C(F)C(=O)c1ccc(Cl)cc1Cl. The van der Waals surface area contributed by atoms with Crippen LogP contribution in [0.2, 0.25) is 10.0 Å². The minimum Gasteiger partial charge on any atom is -0.460 e. The third-order valence-corrected chi connectivity index (χ3v) is 2.53. The smallest absolute Gasteiger partial charge is 0.349 e. The highest BCUT2D eigenvalue weighted by Crippen LogP contribution is 2.23. The molecule has 1 atom stereocenters. The molecule has 98 valence electrons. The molecule has 0 bridgehead atoms. The van der Waals surface area contributed by atoms with Gasteiger partial charge < -0.3 is 4.74 Å². The average Bonchev–Trinajstić information content (AvgIpc) is 2.26. The summed E-state index contributed by atoms with van der Waals surface area (Å²) in [4.78, 5) is 23.0. The summed E-state index contributed by atoms with van der Waals surface area (Å²) in [6.45, 7) is 3.12. The van der Waals surface area contributed by atoms with E-state index in [0.717, 1.165) is 0 Å². The lowest BCUT2D eigenvalue weighted by Crippen LogP contribution is -2.30. The van der Waals surface area contributed by atoms with Gasteiger partial charge in [0.1, 0.15) is 0 Å². The van der Waals surface area contributed by atoms with Crippen LogP contribution in [0, 0.1) is 0 Å². The Hall–Kier alpha value is -1.13. The van der Waals surface area contributed by atoms with Gasteiger partial charge >= 0.3 is 5.97 Å². The van der Waals surface area contributed by atoms with Gasteiger partial charge in [0.2, 0.25) is 5.78 Å². The molecule has 0 saturated carbocycles. The van der Waals surface area contributed by atoms with Crippen molar-refractivity contribution in [2.24, 2.45) is 0 Å². The number of ketones is 1. The van der Waals surface area contributed by atoms with Crippen molar-refractivity contribution < 1.29 is 18.7 Å². The molecule has 0 aliphatic heterocycles. The molecule has 1 rings (SSSR count). The van der Waals surface area contributed by atoms with Crippen molar-refractivity contribution in [2.45, 2.75) is 26.1 Å². The first-order valence-corrected chi connectivity index (χ1v) is 5.92. The largest absolute Gasteiger partial charge is 0.460 e. The monoisotopic (exact) mass is 292 g/mol. The minimum atomic E-state index is -2.38. The lowest BCUT2D eigenvalue weighted by atomic mass is 10.1. The van der Waals surface area contributed by atoms with Gasteiger partial charge in [0.05, 0.1) is 11.1 Å². The van der Waals surface area contributed by atoms with Gasteiger partial charge in [-0.3, -0.25) is 4.79 Å². The fraction of sp³-hybridized carbons (Fsp3) is 0.333. The number of Topliss-reactive ketones (excluding diaryl/α,β-unsaturated/α-hetero) is 1. The molecule has 0 N–H and O–H groups in total. The third-order valence-electron chi connectivity index (χ3n) is 1.99. The number of halogens is 3. The summed E-state index contributed by atoms with van der Waals surface area (Å²) < 4.78 is 18.2. The Morgan fingerprint density at radius 1 is 1.28 bits per heavy atom. The van der Waals surface area contributed by atoms with Crippen LogP contribution in [0.25, 0.3) is 0 Å². The Kier molecular flexibility index (Phi) is 5.11.